The molecule has 0 spiro atoms. The van der Waals surface area contributed by atoms with Gasteiger partial charge < -0.3 is 0 Å². The number of nitrogens with zero attached hydrogens (tertiary/aromatic N) is 2. The van der Waals surface area contributed by atoms with Crippen LogP contribution in [0.1, 0.15) is 62.4 Å². The highest BCUT2D eigenvalue weighted by Crippen LogP contribution is 2.35. The van der Waals surface area contributed by atoms with Crippen LogP contribution in [0.2, 0.25) is 0 Å². The molecule has 0 aliphatic carbocycles. The van der Waals surface area contributed by atoms with E-state index in [1.54, 1.807) is 22.7 Å². The second kappa shape index (κ2) is 8.97. The van der Waals surface area contributed by atoms with Gasteiger partial charge in [0.1, 0.15) is 10.0 Å². The van der Waals surface area contributed by atoms with Gasteiger partial charge in [-0.2, -0.15) is 0 Å². The van der Waals surface area contributed by atoms with Gasteiger partial charge in [0.15, 0.2) is 0 Å². The molecule has 144 valence electrons. The second-order valence-corrected chi connectivity index (χ2v) is 9.24. The van der Waals surface area contributed by atoms with Gasteiger partial charge in [0, 0.05) is 10.8 Å². The fraction of sp³-hybridized carbons (Fsp3) is 0.333. The summed E-state index contributed by atoms with van der Waals surface area (Å²) in [5.41, 5.74) is 2.21. The number of benzene rings is 2. The lowest BCUT2D eigenvalue weighted by atomic mass is 10.1. The first-order valence-corrected chi connectivity index (χ1v) is 11.9. The first kappa shape index (κ1) is 19.3. The van der Waals surface area contributed by atoms with Gasteiger partial charge in [0.05, 0.1) is 20.4 Å². The van der Waals surface area contributed by atoms with E-state index in [4.69, 9.17) is 9.97 Å². The van der Waals surface area contributed by atoms with Crippen LogP contribution in [0.15, 0.2) is 36.4 Å². The van der Waals surface area contributed by atoms with E-state index in [0.29, 0.717) is 0 Å². The molecule has 0 unspecified atom stereocenters. The van der Waals surface area contributed by atoms with Crippen molar-refractivity contribution in [2.45, 2.75) is 52.4 Å². The Balaban J connectivity index is 1.71. The van der Waals surface area contributed by atoms with Crippen molar-refractivity contribution in [2.75, 3.05) is 0 Å². The molecular formula is C24H26N2S2. The molecule has 0 saturated heterocycles. The van der Waals surface area contributed by atoms with Gasteiger partial charge in [0.2, 0.25) is 0 Å². The third-order valence-electron chi connectivity index (χ3n) is 4.91. The van der Waals surface area contributed by atoms with E-state index in [-0.39, 0.29) is 0 Å². The first-order chi connectivity index (χ1) is 13.8. The van der Waals surface area contributed by atoms with Crippen molar-refractivity contribution in [2.24, 2.45) is 0 Å². The summed E-state index contributed by atoms with van der Waals surface area (Å²) in [6, 6.07) is 8.84. The molecule has 4 rings (SSSR count). The minimum atomic E-state index is 1.09. The molecule has 4 heteroatoms. The van der Waals surface area contributed by atoms with Crippen molar-refractivity contribution < 1.29 is 0 Å². The van der Waals surface area contributed by atoms with Gasteiger partial charge in [0.25, 0.3) is 0 Å². The van der Waals surface area contributed by atoms with Crippen molar-refractivity contribution >= 4 is 66.0 Å². The summed E-state index contributed by atoms with van der Waals surface area (Å²) < 4.78 is 2.49. The van der Waals surface area contributed by atoms with E-state index in [1.807, 2.05) is 0 Å². The van der Waals surface area contributed by atoms with E-state index in [9.17, 15) is 0 Å². The third kappa shape index (κ3) is 4.03. The third-order valence-corrected chi connectivity index (χ3v) is 6.88. The first-order valence-electron chi connectivity index (χ1n) is 10.3. The Bertz CT molecular complexity index is 1060. The summed E-state index contributed by atoms with van der Waals surface area (Å²) in [6.07, 6.45) is 16.0. The highest BCUT2D eigenvalue weighted by atomic mass is 32.1. The van der Waals surface area contributed by atoms with Crippen LogP contribution >= 0.6 is 22.7 Å². The molecule has 4 aromatic rings. The number of hydrogen-bond donors (Lipinski definition) is 0. The summed E-state index contributed by atoms with van der Waals surface area (Å²) in [5, 5.41) is 4.61. The van der Waals surface area contributed by atoms with E-state index >= 15 is 0 Å². The Morgan fingerprint density at radius 2 is 1.18 bits per heavy atom. The molecule has 0 N–H and O–H groups in total. The van der Waals surface area contributed by atoms with Crippen molar-refractivity contribution in [3.05, 3.63) is 46.4 Å². The average molecular weight is 407 g/mol. The minimum Gasteiger partial charge on any atom is -0.236 e. The smallest absolute Gasteiger partial charge is 0.117 e. The molecule has 2 aromatic carbocycles. The topological polar surface area (TPSA) is 25.8 Å². The largest absolute Gasteiger partial charge is 0.236 e. The number of hydrogen-bond acceptors (Lipinski definition) is 4. The van der Waals surface area contributed by atoms with Crippen LogP contribution in [0.4, 0.5) is 0 Å². The number of thiazole rings is 2. The minimum absolute atomic E-state index is 1.09. The summed E-state index contributed by atoms with van der Waals surface area (Å²) in [5.74, 6) is 0. The molecular weight excluding hydrogens is 380 g/mol. The fourth-order valence-electron chi connectivity index (χ4n) is 3.38. The Morgan fingerprint density at radius 3 is 1.61 bits per heavy atom. The number of aromatic nitrogens is 2. The van der Waals surface area contributed by atoms with Gasteiger partial charge in [-0.3, -0.25) is 0 Å². The van der Waals surface area contributed by atoms with Crippen LogP contribution in [0.25, 0.3) is 43.4 Å². The predicted molar refractivity (Wildman–Crippen MR) is 127 cm³/mol. The monoisotopic (exact) mass is 406 g/mol. The van der Waals surface area contributed by atoms with Gasteiger partial charge in [-0.1, -0.05) is 63.8 Å². The molecule has 0 fully saturated rings. The SMILES string of the molecule is CCCC/C=C/c1nc2c(ccc3c2ccc2sc(/C=C/CCCC)nc23)s1. The quantitative estimate of drug-likeness (QED) is 0.274. The molecule has 28 heavy (non-hydrogen) atoms. The number of unbranched alkanes of at least 4 members (excludes halogenated alkanes) is 4. The summed E-state index contributed by atoms with van der Waals surface area (Å²) >= 11 is 3.54. The maximum absolute atomic E-state index is 4.92. The highest BCUT2D eigenvalue weighted by Gasteiger charge is 2.11. The summed E-state index contributed by atoms with van der Waals surface area (Å²) in [4.78, 5) is 9.83. The molecule has 0 saturated carbocycles. The Kier molecular flexibility index (Phi) is 6.18. The molecule has 0 atom stereocenters. The van der Waals surface area contributed by atoms with E-state index in [2.05, 4.69) is 62.4 Å². The van der Waals surface area contributed by atoms with Crippen LogP contribution in [-0.2, 0) is 0 Å². The molecule has 2 aromatic heterocycles. The molecule has 0 radical (unpaired) electrons. The fourth-order valence-corrected chi connectivity index (χ4v) is 5.21. The lowest BCUT2D eigenvalue weighted by molar-refractivity contribution is 0.816. The summed E-state index contributed by atoms with van der Waals surface area (Å²) in [7, 11) is 0. The normalized spacial score (nSPS) is 12.5. The van der Waals surface area contributed by atoms with E-state index < -0.39 is 0 Å². The van der Waals surface area contributed by atoms with Crippen LogP contribution in [-0.4, -0.2) is 9.97 Å². The zero-order chi connectivity index (χ0) is 19.3. The Hall–Kier alpha value is -2.04. The molecule has 2 heterocycles. The zero-order valence-corrected chi connectivity index (χ0v) is 18.2. The van der Waals surface area contributed by atoms with Gasteiger partial charge in [-0.15, -0.1) is 22.7 Å². The van der Waals surface area contributed by atoms with Crippen molar-refractivity contribution in [3.63, 3.8) is 0 Å². The van der Waals surface area contributed by atoms with Crippen molar-refractivity contribution in [3.8, 4) is 0 Å². The Morgan fingerprint density at radius 1 is 0.714 bits per heavy atom. The van der Waals surface area contributed by atoms with Crippen molar-refractivity contribution in [1.82, 2.24) is 9.97 Å². The number of allylic oxidation sites excluding steroid dienone is 2. The van der Waals surface area contributed by atoms with Gasteiger partial charge >= 0.3 is 0 Å². The van der Waals surface area contributed by atoms with Crippen LogP contribution in [0.5, 0.6) is 0 Å². The Labute approximate surface area is 174 Å². The number of fused-ring (bicyclic) bond motifs is 5. The standard InChI is InChI=1S/C24H26N2S2/c1-3-5-7-9-11-21-25-23-17-14-16-20-24(18(17)13-15-19(23)27-21)26-22(28-20)12-10-8-6-4-2/h9-16H,3-8H2,1-2H3/b11-9+,12-10+. The predicted octanol–water partition coefficient (Wildman–Crippen LogP) is 8.47. The van der Waals surface area contributed by atoms with E-state index in [0.717, 1.165) is 33.9 Å². The van der Waals surface area contributed by atoms with Crippen LogP contribution < -0.4 is 0 Å². The van der Waals surface area contributed by atoms with E-state index in [1.165, 1.54) is 45.9 Å². The lowest BCUT2D eigenvalue weighted by Crippen LogP contribution is -1.79. The molecule has 0 aliphatic rings. The molecule has 0 bridgehead atoms. The maximum Gasteiger partial charge on any atom is 0.117 e. The van der Waals surface area contributed by atoms with Crippen LogP contribution in [0.3, 0.4) is 0 Å². The van der Waals surface area contributed by atoms with Crippen LogP contribution in [0, 0.1) is 0 Å². The molecule has 2 nitrogen and oxygen atoms in total. The number of rotatable bonds is 8. The lowest BCUT2D eigenvalue weighted by Gasteiger charge is -1.99. The average Bonchev–Trinajstić information content (AvgIpc) is 3.31. The van der Waals surface area contributed by atoms with Gasteiger partial charge in [-0.25, -0.2) is 9.97 Å². The summed E-state index contributed by atoms with van der Waals surface area (Å²) in [6.45, 7) is 4.45. The highest BCUT2D eigenvalue weighted by molar-refractivity contribution is 7.20. The molecule has 0 aliphatic heterocycles. The van der Waals surface area contributed by atoms with Gasteiger partial charge in [-0.05, 0) is 37.1 Å². The second-order valence-electron chi connectivity index (χ2n) is 7.11. The van der Waals surface area contributed by atoms with Crippen molar-refractivity contribution in [1.29, 1.82) is 0 Å². The molecule has 0 amide bonds. The maximum atomic E-state index is 4.92. The zero-order valence-electron chi connectivity index (χ0n) is 16.6.